The Hall–Kier alpha value is -2.39. The number of nitro groups is 1. The van der Waals surface area contributed by atoms with Gasteiger partial charge in [-0.15, -0.1) is 0 Å². The normalized spacial score (nSPS) is 9.89. The van der Waals surface area contributed by atoms with Gasteiger partial charge in [-0.1, -0.05) is 0 Å². The lowest BCUT2D eigenvalue weighted by atomic mass is 10.1. The van der Waals surface area contributed by atoms with Crippen LogP contribution in [-0.4, -0.2) is 12.0 Å². The lowest BCUT2D eigenvalue weighted by Crippen LogP contribution is -2.17. The molecule has 19 heavy (non-hydrogen) atoms. The molecule has 2 rings (SSSR count). The van der Waals surface area contributed by atoms with E-state index >= 15 is 0 Å². The molecular weight excluding hydrogens is 262 g/mol. The Kier molecular flexibility index (Phi) is 3.78. The maximum Gasteiger partial charge on any atom is 0.270 e. The molecule has 96 valence electrons. The average Bonchev–Trinajstić information content (AvgIpc) is 2.90. The first-order chi connectivity index (χ1) is 9.11. The summed E-state index contributed by atoms with van der Waals surface area (Å²) in [6.07, 6.45) is 0. The van der Waals surface area contributed by atoms with Crippen LogP contribution in [0.3, 0.4) is 0 Å². The van der Waals surface area contributed by atoms with Gasteiger partial charge in [0.2, 0.25) is 0 Å². The lowest BCUT2D eigenvalue weighted by molar-refractivity contribution is -0.384. The van der Waals surface area contributed by atoms with Gasteiger partial charge in [-0.25, -0.2) is 0 Å². The van der Waals surface area contributed by atoms with E-state index in [0.29, 0.717) is 17.8 Å². The highest BCUT2D eigenvalue weighted by atomic mass is 32.1. The van der Waals surface area contributed by atoms with Gasteiger partial charge in [-0.05, 0) is 28.5 Å². The fourth-order valence-electron chi connectivity index (χ4n) is 1.80. The van der Waals surface area contributed by atoms with Crippen LogP contribution in [0.25, 0.3) is 0 Å². The minimum absolute atomic E-state index is 0.0655. The van der Waals surface area contributed by atoms with E-state index in [2.05, 4.69) is 0 Å². The Morgan fingerprint density at radius 3 is 2.84 bits per heavy atom. The second-order valence-electron chi connectivity index (χ2n) is 4.06. The molecule has 0 aliphatic carbocycles. The van der Waals surface area contributed by atoms with Crippen LogP contribution in [0.4, 0.5) is 11.4 Å². The summed E-state index contributed by atoms with van der Waals surface area (Å²) in [5, 5.41) is 23.8. The Bertz CT molecular complexity index is 632. The van der Waals surface area contributed by atoms with Crippen molar-refractivity contribution in [1.29, 1.82) is 5.26 Å². The average molecular weight is 273 g/mol. The quantitative estimate of drug-likeness (QED) is 0.633. The third-order valence-corrected chi connectivity index (χ3v) is 3.45. The van der Waals surface area contributed by atoms with Crippen LogP contribution in [0.1, 0.15) is 11.1 Å². The second kappa shape index (κ2) is 5.50. The zero-order valence-electron chi connectivity index (χ0n) is 10.2. The first-order valence-corrected chi connectivity index (χ1v) is 6.47. The van der Waals surface area contributed by atoms with Gasteiger partial charge in [-0.3, -0.25) is 10.1 Å². The minimum Gasteiger partial charge on any atom is -0.369 e. The summed E-state index contributed by atoms with van der Waals surface area (Å²) >= 11 is 1.61. The van der Waals surface area contributed by atoms with Crippen LogP contribution >= 0.6 is 11.3 Å². The van der Waals surface area contributed by atoms with E-state index < -0.39 is 4.92 Å². The Balaban J connectivity index is 2.29. The summed E-state index contributed by atoms with van der Waals surface area (Å²) in [6.45, 7) is 0.663. The van der Waals surface area contributed by atoms with Crippen molar-refractivity contribution in [2.24, 2.45) is 0 Å². The van der Waals surface area contributed by atoms with Crippen LogP contribution in [0, 0.1) is 21.4 Å². The second-order valence-corrected chi connectivity index (χ2v) is 4.84. The smallest absolute Gasteiger partial charge is 0.270 e. The standard InChI is InChI=1S/C13H11N3O2S/c1-15(8-10-4-5-19-9-10)13-3-2-12(16(17)18)6-11(13)7-14/h2-6,9H,8H2,1H3. The predicted molar refractivity (Wildman–Crippen MR) is 74.2 cm³/mol. The minimum atomic E-state index is -0.497. The Morgan fingerprint density at radius 2 is 2.26 bits per heavy atom. The topological polar surface area (TPSA) is 70.2 Å². The van der Waals surface area contributed by atoms with Crippen molar-refractivity contribution in [3.05, 3.63) is 56.3 Å². The molecule has 0 N–H and O–H groups in total. The van der Waals surface area contributed by atoms with Gasteiger partial charge < -0.3 is 4.90 Å². The highest BCUT2D eigenvalue weighted by molar-refractivity contribution is 7.07. The van der Waals surface area contributed by atoms with Gasteiger partial charge in [0.05, 0.1) is 16.2 Å². The molecule has 0 aliphatic rings. The number of non-ortho nitro benzene ring substituents is 1. The maximum atomic E-state index is 10.7. The fraction of sp³-hybridized carbons (Fsp3) is 0.154. The van der Waals surface area contributed by atoms with Gasteiger partial charge in [-0.2, -0.15) is 16.6 Å². The van der Waals surface area contributed by atoms with Crippen molar-refractivity contribution in [2.75, 3.05) is 11.9 Å². The molecule has 5 nitrogen and oxygen atoms in total. The number of hydrogen-bond acceptors (Lipinski definition) is 5. The fourth-order valence-corrected chi connectivity index (χ4v) is 2.46. The summed E-state index contributed by atoms with van der Waals surface area (Å²) in [6, 6.07) is 8.36. The predicted octanol–water partition coefficient (Wildman–Crippen LogP) is 3.16. The van der Waals surface area contributed by atoms with Gasteiger partial charge in [0, 0.05) is 25.7 Å². The third kappa shape index (κ3) is 2.89. The molecule has 0 aliphatic heterocycles. The molecule has 0 saturated carbocycles. The molecule has 1 aromatic carbocycles. The molecule has 1 heterocycles. The van der Waals surface area contributed by atoms with Crippen LogP contribution in [0.15, 0.2) is 35.0 Å². The largest absolute Gasteiger partial charge is 0.369 e. The summed E-state index contributed by atoms with van der Waals surface area (Å²) in [5.41, 5.74) is 2.09. The number of rotatable bonds is 4. The number of hydrogen-bond donors (Lipinski definition) is 0. The molecule has 0 unspecified atom stereocenters. The summed E-state index contributed by atoms with van der Waals surface area (Å²) < 4.78 is 0. The van der Waals surface area contributed by atoms with Crippen molar-refractivity contribution in [3.63, 3.8) is 0 Å². The maximum absolute atomic E-state index is 10.7. The molecule has 0 fully saturated rings. The number of nitrogens with zero attached hydrogens (tertiary/aromatic N) is 3. The monoisotopic (exact) mass is 273 g/mol. The Labute approximate surface area is 114 Å². The molecule has 0 spiro atoms. The van der Waals surface area contributed by atoms with Crippen molar-refractivity contribution in [1.82, 2.24) is 0 Å². The first kappa shape index (κ1) is 13.1. The van der Waals surface area contributed by atoms with Crippen LogP contribution < -0.4 is 4.90 Å². The molecule has 0 saturated heterocycles. The molecular formula is C13H11N3O2S. The van der Waals surface area contributed by atoms with E-state index in [9.17, 15) is 10.1 Å². The van der Waals surface area contributed by atoms with Crippen molar-refractivity contribution in [2.45, 2.75) is 6.54 Å². The van der Waals surface area contributed by atoms with Gasteiger partial charge in [0.1, 0.15) is 6.07 Å². The zero-order chi connectivity index (χ0) is 13.8. The molecule has 0 radical (unpaired) electrons. The van der Waals surface area contributed by atoms with E-state index in [-0.39, 0.29) is 5.69 Å². The third-order valence-electron chi connectivity index (χ3n) is 2.72. The van der Waals surface area contributed by atoms with Crippen LogP contribution in [0.5, 0.6) is 0 Å². The SMILES string of the molecule is CN(Cc1ccsc1)c1ccc([N+](=O)[O-])cc1C#N. The first-order valence-electron chi connectivity index (χ1n) is 5.52. The van der Waals surface area contributed by atoms with Crippen molar-refractivity contribution in [3.8, 4) is 6.07 Å². The molecule has 0 amide bonds. The van der Waals surface area contributed by atoms with E-state index in [1.807, 2.05) is 34.8 Å². The summed E-state index contributed by atoms with van der Waals surface area (Å²) in [4.78, 5) is 12.1. The van der Waals surface area contributed by atoms with E-state index in [0.717, 1.165) is 5.56 Å². The highest BCUT2D eigenvalue weighted by Crippen LogP contribution is 2.25. The van der Waals surface area contributed by atoms with Crippen molar-refractivity contribution >= 4 is 22.7 Å². The summed E-state index contributed by atoms with van der Waals surface area (Å²) in [5.74, 6) is 0. The van der Waals surface area contributed by atoms with Gasteiger partial charge in [0.25, 0.3) is 5.69 Å². The van der Waals surface area contributed by atoms with Crippen molar-refractivity contribution < 1.29 is 4.92 Å². The number of thiophene rings is 1. The number of nitro benzene ring substituents is 1. The number of nitriles is 1. The molecule has 6 heteroatoms. The van der Waals surface area contributed by atoms with Gasteiger partial charge >= 0.3 is 0 Å². The van der Waals surface area contributed by atoms with Gasteiger partial charge in [0.15, 0.2) is 0 Å². The van der Waals surface area contributed by atoms with Crippen LogP contribution in [0.2, 0.25) is 0 Å². The Morgan fingerprint density at radius 1 is 1.47 bits per heavy atom. The number of anilines is 1. The van der Waals surface area contributed by atoms with E-state index in [1.54, 1.807) is 17.4 Å². The molecule has 0 atom stereocenters. The molecule has 2 aromatic rings. The number of benzene rings is 1. The lowest BCUT2D eigenvalue weighted by Gasteiger charge is -2.19. The summed E-state index contributed by atoms with van der Waals surface area (Å²) in [7, 11) is 1.86. The van der Waals surface area contributed by atoms with E-state index in [1.165, 1.54) is 12.1 Å². The van der Waals surface area contributed by atoms with Crippen LogP contribution in [-0.2, 0) is 6.54 Å². The zero-order valence-corrected chi connectivity index (χ0v) is 11.1. The molecule has 1 aromatic heterocycles. The highest BCUT2D eigenvalue weighted by Gasteiger charge is 2.13. The van der Waals surface area contributed by atoms with E-state index in [4.69, 9.17) is 5.26 Å². The molecule has 0 bridgehead atoms.